The van der Waals surface area contributed by atoms with Crippen LogP contribution in [0.5, 0.6) is 0 Å². The first-order chi connectivity index (χ1) is 13.5. The first-order valence-electron chi connectivity index (χ1n) is 9.15. The average Bonchev–Trinajstić information content (AvgIpc) is 3.38. The summed E-state index contributed by atoms with van der Waals surface area (Å²) in [6.45, 7) is 5.89. The number of nitrogens with one attached hydrogen (secondary N) is 2. The maximum Gasteiger partial charge on any atom is 0.257 e. The summed E-state index contributed by atoms with van der Waals surface area (Å²) in [7, 11) is 0. The van der Waals surface area contributed by atoms with E-state index in [1.54, 1.807) is 34.2 Å². The van der Waals surface area contributed by atoms with Gasteiger partial charge in [0.05, 0.1) is 28.2 Å². The molecule has 0 spiro atoms. The molecule has 2 aromatic heterocycles. The molecule has 2 atom stereocenters. The van der Waals surface area contributed by atoms with Crippen LogP contribution in [0.25, 0.3) is 10.9 Å². The van der Waals surface area contributed by atoms with E-state index in [9.17, 15) is 9.59 Å². The van der Waals surface area contributed by atoms with Gasteiger partial charge in [-0.2, -0.15) is 0 Å². The molecule has 3 heterocycles. The number of nitrogens with zero attached hydrogens (tertiary/aromatic N) is 2. The summed E-state index contributed by atoms with van der Waals surface area (Å²) in [5, 5.41) is 4.95. The first-order valence-corrected chi connectivity index (χ1v) is 11.1. The minimum atomic E-state index is -0.470. The fourth-order valence-electron chi connectivity index (χ4n) is 3.59. The third kappa shape index (κ3) is 3.42. The number of amides is 2. The molecule has 3 aromatic rings. The third-order valence-corrected chi connectivity index (χ3v) is 7.22. The Morgan fingerprint density at radius 1 is 1.32 bits per heavy atom. The summed E-state index contributed by atoms with van der Waals surface area (Å²) in [5.41, 5.74) is 2.48. The van der Waals surface area contributed by atoms with Crippen molar-refractivity contribution in [3.8, 4) is 0 Å². The Balaban J connectivity index is 1.52. The zero-order valence-corrected chi connectivity index (χ0v) is 17.6. The molecule has 1 fully saturated rings. The van der Waals surface area contributed by atoms with Crippen molar-refractivity contribution in [2.75, 3.05) is 11.6 Å². The number of thiazole rings is 1. The molecule has 1 saturated heterocycles. The molecule has 1 aliphatic heterocycles. The van der Waals surface area contributed by atoms with Gasteiger partial charge >= 0.3 is 0 Å². The molecule has 0 saturated carbocycles. The van der Waals surface area contributed by atoms with Gasteiger partial charge in [0.2, 0.25) is 5.91 Å². The van der Waals surface area contributed by atoms with Crippen LogP contribution < -0.4 is 5.32 Å². The topological polar surface area (TPSA) is 78.1 Å². The predicted octanol–water partition coefficient (Wildman–Crippen LogP) is 3.63. The van der Waals surface area contributed by atoms with Gasteiger partial charge in [0.25, 0.3) is 5.91 Å². The number of benzene rings is 1. The normalized spacial score (nSPS) is 17.8. The zero-order valence-electron chi connectivity index (χ0n) is 16.0. The highest BCUT2D eigenvalue weighted by atomic mass is 32.2. The second-order valence-electron chi connectivity index (χ2n) is 6.95. The van der Waals surface area contributed by atoms with Crippen LogP contribution in [0.15, 0.2) is 30.5 Å². The summed E-state index contributed by atoms with van der Waals surface area (Å²) >= 11 is 3.20. The minimum absolute atomic E-state index is 0.111. The van der Waals surface area contributed by atoms with E-state index in [1.807, 2.05) is 45.0 Å². The molecule has 0 unspecified atom stereocenters. The predicted molar refractivity (Wildman–Crippen MR) is 114 cm³/mol. The highest BCUT2D eigenvalue weighted by Crippen LogP contribution is 2.28. The van der Waals surface area contributed by atoms with Gasteiger partial charge in [-0.05, 0) is 26.8 Å². The fraction of sp³-hybridized carbons (Fsp3) is 0.350. The smallest absolute Gasteiger partial charge is 0.257 e. The Kier molecular flexibility index (Phi) is 5.16. The monoisotopic (exact) mass is 414 g/mol. The number of hydrogen-bond acceptors (Lipinski definition) is 5. The van der Waals surface area contributed by atoms with Gasteiger partial charge in [-0.25, -0.2) is 4.98 Å². The van der Waals surface area contributed by atoms with Gasteiger partial charge in [0, 0.05) is 27.7 Å². The van der Waals surface area contributed by atoms with E-state index >= 15 is 0 Å². The highest BCUT2D eigenvalue weighted by molar-refractivity contribution is 7.99. The number of aryl methyl sites for hydroxylation is 2. The molecule has 0 radical (unpaired) electrons. The van der Waals surface area contributed by atoms with Crippen LogP contribution in [-0.2, 0) is 4.79 Å². The SMILES string of the molecule is Cc1nc(C)c([C@@H](C)NC(=O)[C@@H]2CSCN2C(=O)c2c[nH]c3ccccc23)s1. The van der Waals surface area contributed by atoms with E-state index in [0.717, 1.165) is 26.5 Å². The molecule has 8 heteroatoms. The van der Waals surface area contributed by atoms with Gasteiger partial charge in [0.1, 0.15) is 6.04 Å². The molecule has 2 amide bonds. The summed E-state index contributed by atoms with van der Waals surface area (Å²) in [5.74, 6) is 0.896. The van der Waals surface area contributed by atoms with Crippen molar-refractivity contribution in [2.24, 2.45) is 0 Å². The molecule has 0 bridgehead atoms. The summed E-state index contributed by atoms with van der Waals surface area (Å²) in [6, 6.07) is 7.11. The second kappa shape index (κ2) is 7.60. The van der Waals surface area contributed by atoms with E-state index in [2.05, 4.69) is 15.3 Å². The largest absolute Gasteiger partial charge is 0.360 e. The van der Waals surface area contributed by atoms with Crippen LogP contribution in [0.4, 0.5) is 0 Å². The van der Waals surface area contributed by atoms with E-state index in [4.69, 9.17) is 0 Å². The first kappa shape index (κ1) is 19.0. The molecule has 1 aliphatic rings. The number of fused-ring (bicyclic) bond motifs is 1. The van der Waals surface area contributed by atoms with Crippen LogP contribution in [0.3, 0.4) is 0 Å². The lowest BCUT2D eigenvalue weighted by molar-refractivity contribution is -0.125. The fourth-order valence-corrected chi connectivity index (χ4v) is 5.67. The molecule has 6 nitrogen and oxygen atoms in total. The molecule has 0 aliphatic carbocycles. The van der Waals surface area contributed by atoms with Crippen LogP contribution in [0.1, 0.15) is 38.9 Å². The van der Waals surface area contributed by atoms with Crippen molar-refractivity contribution in [1.82, 2.24) is 20.2 Å². The summed E-state index contributed by atoms with van der Waals surface area (Å²) < 4.78 is 0. The molecule has 28 heavy (non-hydrogen) atoms. The molecular formula is C20H22N4O2S2. The quantitative estimate of drug-likeness (QED) is 0.683. The van der Waals surface area contributed by atoms with Crippen LogP contribution in [0.2, 0.25) is 0 Å². The number of hydrogen-bond donors (Lipinski definition) is 2. The van der Waals surface area contributed by atoms with Crippen LogP contribution in [0, 0.1) is 13.8 Å². The van der Waals surface area contributed by atoms with Crippen LogP contribution in [-0.4, -0.2) is 44.4 Å². The molecule has 4 rings (SSSR count). The molecular weight excluding hydrogens is 392 g/mol. The average molecular weight is 415 g/mol. The minimum Gasteiger partial charge on any atom is -0.360 e. The number of aromatic nitrogens is 2. The van der Waals surface area contributed by atoms with E-state index < -0.39 is 6.04 Å². The highest BCUT2D eigenvalue weighted by Gasteiger charge is 2.36. The third-order valence-electron chi connectivity index (χ3n) is 4.96. The molecule has 2 N–H and O–H groups in total. The van der Waals surface area contributed by atoms with Gasteiger partial charge in [-0.1, -0.05) is 18.2 Å². The van der Waals surface area contributed by atoms with Crippen molar-refractivity contribution >= 4 is 45.8 Å². The van der Waals surface area contributed by atoms with Crippen molar-refractivity contribution in [3.63, 3.8) is 0 Å². The summed E-state index contributed by atoms with van der Waals surface area (Å²) in [4.78, 5) is 36.4. The Labute approximate surface area is 171 Å². The maximum absolute atomic E-state index is 13.2. The second-order valence-corrected chi connectivity index (χ2v) is 9.19. The Morgan fingerprint density at radius 3 is 2.86 bits per heavy atom. The number of carbonyl (C=O) groups excluding carboxylic acids is 2. The van der Waals surface area contributed by atoms with Gasteiger partial charge in [0.15, 0.2) is 0 Å². The van der Waals surface area contributed by atoms with Gasteiger partial charge in [-0.3, -0.25) is 9.59 Å². The Hall–Kier alpha value is -2.32. The van der Waals surface area contributed by atoms with Crippen molar-refractivity contribution < 1.29 is 9.59 Å². The Bertz CT molecular complexity index is 1040. The van der Waals surface area contributed by atoms with E-state index in [0.29, 0.717) is 17.2 Å². The standard InChI is InChI=1S/C20H22N4O2S2/c1-11-18(28-13(3)22-11)12(2)23-19(25)17-9-27-10-24(17)20(26)15-8-21-16-7-5-4-6-14(15)16/h4-8,12,17,21H,9-10H2,1-3H3,(H,23,25)/t12-,17+/m1/s1. The molecule has 1 aromatic carbocycles. The lowest BCUT2D eigenvalue weighted by Gasteiger charge is -2.24. The lowest BCUT2D eigenvalue weighted by Crippen LogP contribution is -2.47. The Morgan fingerprint density at radius 2 is 2.11 bits per heavy atom. The van der Waals surface area contributed by atoms with Crippen molar-refractivity contribution in [3.05, 3.63) is 51.6 Å². The number of para-hydroxylation sites is 1. The number of aromatic amines is 1. The molecule has 146 valence electrons. The van der Waals surface area contributed by atoms with Gasteiger partial charge < -0.3 is 15.2 Å². The van der Waals surface area contributed by atoms with Gasteiger partial charge in [-0.15, -0.1) is 23.1 Å². The van der Waals surface area contributed by atoms with Crippen molar-refractivity contribution in [2.45, 2.75) is 32.9 Å². The summed E-state index contributed by atoms with van der Waals surface area (Å²) in [6.07, 6.45) is 1.73. The zero-order chi connectivity index (χ0) is 19.8. The van der Waals surface area contributed by atoms with E-state index in [-0.39, 0.29) is 17.9 Å². The number of rotatable bonds is 4. The number of thioether (sulfide) groups is 1. The number of H-pyrrole nitrogens is 1. The maximum atomic E-state index is 13.2. The van der Waals surface area contributed by atoms with Crippen molar-refractivity contribution in [1.29, 1.82) is 0 Å². The lowest BCUT2D eigenvalue weighted by atomic mass is 10.1. The number of carbonyl (C=O) groups is 2. The van der Waals surface area contributed by atoms with Crippen LogP contribution >= 0.6 is 23.1 Å². The van der Waals surface area contributed by atoms with E-state index in [1.165, 1.54) is 0 Å².